The minimum absolute atomic E-state index is 0.0124. The van der Waals surface area contributed by atoms with Gasteiger partial charge < -0.3 is 15.6 Å². The second-order valence-electron chi connectivity index (χ2n) is 6.02. The summed E-state index contributed by atoms with van der Waals surface area (Å²) >= 11 is 1.74. The van der Waals surface area contributed by atoms with Gasteiger partial charge in [-0.1, -0.05) is 12.1 Å². The fourth-order valence-electron chi connectivity index (χ4n) is 2.90. The van der Waals surface area contributed by atoms with Gasteiger partial charge in [0.25, 0.3) is 0 Å². The van der Waals surface area contributed by atoms with Crippen molar-refractivity contribution in [3.63, 3.8) is 0 Å². The number of aromatic nitrogens is 2. The molecule has 0 saturated carbocycles. The van der Waals surface area contributed by atoms with Crippen LogP contribution in [0.4, 0.5) is 0 Å². The first-order valence-corrected chi connectivity index (χ1v) is 9.57. The predicted octanol–water partition coefficient (Wildman–Crippen LogP) is 2.00. The van der Waals surface area contributed by atoms with Crippen molar-refractivity contribution >= 4 is 34.6 Å². The van der Waals surface area contributed by atoms with Crippen LogP contribution in [0, 0.1) is 5.92 Å². The monoisotopic (exact) mass is 346 g/mol. The van der Waals surface area contributed by atoms with Crippen molar-refractivity contribution < 1.29 is 9.59 Å². The minimum atomic E-state index is -0.163. The van der Waals surface area contributed by atoms with E-state index >= 15 is 0 Å². The molecule has 0 aliphatic carbocycles. The molecular weight excluding hydrogens is 324 g/mol. The zero-order valence-corrected chi connectivity index (χ0v) is 14.5. The molecule has 2 heterocycles. The molecular formula is C17H22N4O2S. The van der Waals surface area contributed by atoms with Crippen molar-refractivity contribution in [3.8, 4) is 0 Å². The fourth-order valence-corrected chi connectivity index (χ4v) is 3.37. The Morgan fingerprint density at radius 2 is 2.29 bits per heavy atom. The van der Waals surface area contributed by atoms with Crippen LogP contribution in [0.3, 0.4) is 0 Å². The topological polar surface area (TPSA) is 86.9 Å². The molecule has 7 heteroatoms. The summed E-state index contributed by atoms with van der Waals surface area (Å²) in [5, 5.41) is 5.88. The van der Waals surface area contributed by atoms with Crippen LogP contribution < -0.4 is 10.6 Å². The fraction of sp³-hybridized carbons (Fsp3) is 0.471. The van der Waals surface area contributed by atoms with Gasteiger partial charge in [0.05, 0.1) is 23.0 Å². The number of H-pyrrole nitrogens is 1. The number of benzene rings is 1. The Balaban J connectivity index is 1.73. The highest BCUT2D eigenvalue weighted by Crippen LogP contribution is 2.21. The average Bonchev–Trinajstić information content (AvgIpc) is 3.03. The smallest absolute Gasteiger partial charge is 0.225 e. The van der Waals surface area contributed by atoms with Crippen LogP contribution >= 0.6 is 11.8 Å². The lowest BCUT2D eigenvalue weighted by Gasteiger charge is -2.24. The molecule has 24 heavy (non-hydrogen) atoms. The number of thioether (sulfide) groups is 1. The number of hydrogen-bond acceptors (Lipinski definition) is 4. The van der Waals surface area contributed by atoms with Crippen molar-refractivity contribution in [3.05, 3.63) is 30.1 Å². The number of carbonyl (C=O) groups is 2. The first-order valence-electron chi connectivity index (χ1n) is 8.18. The third kappa shape index (κ3) is 3.90. The minimum Gasteiger partial charge on any atom is -0.355 e. The molecule has 2 atom stereocenters. The van der Waals surface area contributed by atoms with Gasteiger partial charge in [0, 0.05) is 13.0 Å². The third-order valence-electron chi connectivity index (χ3n) is 4.30. The van der Waals surface area contributed by atoms with Crippen molar-refractivity contribution in [2.75, 3.05) is 18.6 Å². The number of piperidine rings is 1. The molecule has 1 saturated heterocycles. The first kappa shape index (κ1) is 16.8. The number of aromatic amines is 1. The number of nitrogens with one attached hydrogen (secondary N) is 3. The maximum absolute atomic E-state index is 12.6. The van der Waals surface area contributed by atoms with E-state index in [-0.39, 0.29) is 23.8 Å². The zero-order chi connectivity index (χ0) is 16.9. The van der Waals surface area contributed by atoms with Crippen LogP contribution in [-0.2, 0) is 9.59 Å². The van der Waals surface area contributed by atoms with Crippen LogP contribution in [0.1, 0.15) is 31.1 Å². The molecule has 0 spiro atoms. The van der Waals surface area contributed by atoms with Crippen molar-refractivity contribution in [1.29, 1.82) is 0 Å². The molecule has 1 aromatic heterocycles. The van der Waals surface area contributed by atoms with E-state index in [0.717, 1.165) is 29.0 Å². The molecule has 1 fully saturated rings. The van der Waals surface area contributed by atoms with Gasteiger partial charge in [0.15, 0.2) is 0 Å². The second-order valence-corrected chi connectivity index (χ2v) is 7.01. The Morgan fingerprint density at radius 3 is 3.00 bits per heavy atom. The van der Waals surface area contributed by atoms with E-state index < -0.39 is 0 Å². The van der Waals surface area contributed by atoms with Gasteiger partial charge in [-0.3, -0.25) is 9.59 Å². The van der Waals surface area contributed by atoms with Crippen LogP contribution in [0.5, 0.6) is 0 Å². The molecule has 1 aromatic carbocycles. The molecule has 3 N–H and O–H groups in total. The van der Waals surface area contributed by atoms with Crippen LogP contribution in [0.15, 0.2) is 24.3 Å². The number of hydrogen-bond donors (Lipinski definition) is 3. The van der Waals surface area contributed by atoms with Crippen LogP contribution in [0.25, 0.3) is 11.0 Å². The molecule has 2 aromatic rings. The highest BCUT2D eigenvalue weighted by Gasteiger charge is 2.27. The van der Waals surface area contributed by atoms with Gasteiger partial charge in [0.2, 0.25) is 11.8 Å². The summed E-state index contributed by atoms with van der Waals surface area (Å²) in [6, 6.07) is 7.71. The largest absolute Gasteiger partial charge is 0.355 e. The van der Waals surface area contributed by atoms with Gasteiger partial charge >= 0.3 is 0 Å². The van der Waals surface area contributed by atoms with E-state index in [9.17, 15) is 9.59 Å². The molecule has 0 radical (unpaired) electrons. The highest BCUT2D eigenvalue weighted by molar-refractivity contribution is 7.98. The quantitative estimate of drug-likeness (QED) is 0.747. The van der Waals surface area contributed by atoms with Gasteiger partial charge in [0.1, 0.15) is 5.82 Å². The van der Waals surface area contributed by atoms with E-state index in [4.69, 9.17) is 0 Å². The van der Waals surface area contributed by atoms with Gasteiger partial charge in [-0.25, -0.2) is 4.98 Å². The van der Waals surface area contributed by atoms with Gasteiger partial charge in [-0.15, -0.1) is 0 Å². The Labute approximate surface area is 145 Å². The number of fused-ring (bicyclic) bond motifs is 1. The first-order chi connectivity index (χ1) is 11.7. The normalized spacial score (nSPS) is 19.0. The number of para-hydroxylation sites is 2. The van der Waals surface area contributed by atoms with Crippen molar-refractivity contribution in [1.82, 2.24) is 20.6 Å². The molecule has 1 aliphatic rings. The summed E-state index contributed by atoms with van der Waals surface area (Å²) in [4.78, 5) is 31.8. The van der Waals surface area contributed by atoms with Crippen LogP contribution in [-0.4, -0.2) is 40.3 Å². The van der Waals surface area contributed by atoms with E-state index in [0.29, 0.717) is 19.4 Å². The molecule has 6 nitrogen and oxygen atoms in total. The zero-order valence-electron chi connectivity index (χ0n) is 13.7. The van der Waals surface area contributed by atoms with E-state index in [1.165, 1.54) is 0 Å². The summed E-state index contributed by atoms with van der Waals surface area (Å²) in [7, 11) is 0. The maximum Gasteiger partial charge on any atom is 0.225 e. The van der Waals surface area contributed by atoms with E-state index in [2.05, 4.69) is 20.6 Å². The number of amides is 2. The third-order valence-corrected chi connectivity index (χ3v) is 4.95. The summed E-state index contributed by atoms with van der Waals surface area (Å²) in [5.74, 6) is 1.57. The molecule has 1 aliphatic heterocycles. The summed E-state index contributed by atoms with van der Waals surface area (Å²) < 4.78 is 0. The molecule has 0 bridgehead atoms. The number of imidazole rings is 1. The molecule has 0 unspecified atom stereocenters. The Morgan fingerprint density at radius 1 is 1.46 bits per heavy atom. The lowest BCUT2D eigenvalue weighted by molar-refractivity contribution is -0.129. The van der Waals surface area contributed by atoms with Crippen LogP contribution in [0.2, 0.25) is 0 Å². The Kier molecular flexibility index (Phi) is 5.40. The van der Waals surface area contributed by atoms with Crippen molar-refractivity contribution in [2.45, 2.75) is 25.3 Å². The maximum atomic E-state index is 12.6. The number of nitrogens with zero attached hydrogens (tertiary/aromatic N) is 1. The lowest BCUT2D eigenvalue weighted by atomic mass is 9.98. The molecule has 2 amide bonds. The summed E-state index contributed by atoms with van der Waals surface area (Å²) in [6.07, 6.45) is 3.88. The van der Waals surface area contributed by atoms with Gasteiger partial charge in [-0.2, -0.15) is 11.8 Å². The molecule has 3 rings (SSSR count). The standard InChI is InChI=1S/C17H22N4O2S/c1-24-9-8-14(16-19-12-4-2-3-5-13(12)20-16)21-17(23)11-6-7-15(22)18-10-11/h2-5,11,14H,6-10H2,1H3,(H,18,22)(H,19,20)(H,21,23)/t11-,14-/m0/s1. The average molecular weight is 346 g/mol. The highest BCUT2D eigenvalue weighted by atomic mass is 32.2. The Hall–Kier alpha value is -2.02. The molecule has 128 valence electrons. The summed E-state index contributed by atoms with van der Waals surface area (Å²) in [5.41, 5.74) is 1.88. The predicted molar refractivity (Wildman–Crippen MR) is 95.7 cm³/mol. The van der Waals surface area contributed by atoms with E-state index in [1.54, 1.807) is 11.8 Å². The van der Waals surface area contributed by atoms with E-state index in [1.807, 2.05) is 30.5 Å². The summed E-state index contributed by atoms with van der Waals surface area (Å²) in [6.45, 7) is 0.417. The number of carbonyl (C=O) groups excluding carboxylic acids is 2. The lowest BCUT2D eigenvalue weighted by Crippen LogP contribution is -2.44. The SMILES string of the molecule is CSCC[C@H](NC(=O)[C@H]1CCC(=O)NC1)c1nc2ccccc2[nH]1. The Bertz CT molecular complexity index is 687. The van der Waals surface area contributed by atoms with Gasteiger partial charge in [-0.05, 0) is 37.0 Å². The number of rotatable bonds is 6. The van der Waals surface area contributed by atoms with Crippen molar-refractivity contribution in [2.24, 2.45) is 5.92 Å². The second kappa shape index (κ2) is 7.70.